The molecule has 4 aromatic rings. The molecule has 4 heterocycles. The highest BCUT2D eigenvalue weighted by Crippen LogP contribution is 2.27. The maximum absolute atomic E-state index is 13.6. The number of benzene rings is 2. The monoisotopic (exact) mass is 1060 g/mol. The Morgan fingerprint density at radius 1 is 0.805 bits per heavy atom. The van der Waals surface area contributed by atoms with Gasteiger partial charge in [-0.25, -0.2) is 24.4 Å². The van der Waals surface area contributed by atoms with Crippen LogP contribution in [0.2, 0.25) is 0 Å². The van der Waals surface area contributed by atoms with Gasteiger partial charge in [-0.3, -0.25) is 38.7 Å². The second-order valence-electron chi connectivity index (χ2n) is 18.4. The van der Waals surface area contributed by atoms with Gasteiger partial charge in [-0.1, -0.05) is 56.7 Å². The lowest BCUT2D eigenvalue weighted by Crippen LogP contribution is -2.54. The topological polar surface area (TPSA) is 362 Å². The minimum absolute atomic E-state index is 0.0853. The van der Waals surface area contributed by atoms with E-state index in [2.05, 4.69) is 51.8 Å². The number of amides is 9. The third-order valence-corrected chi connectivity index (χ3v) is 12.3. The lowest BCUT2D eigenvalue weighted by atomic mass is 10.0. The molecule has 25 nitrogen and oxygen atoms in total. The van der Waals surface area contributed by atoms with Crippen molar-refractivity contribution < 1.29 is 57.7 Å². The summed E-state index contributed by atoms with van der Waals surface area (Å²) in [6.45, 7) is 5.95. The molecule has 25 heteroatoms. The first-order valence-electron chi connectivity index (χ1n) is 25.0. The van der Waals surface area contributed by atoms with Gasteiger partial charge in [0.25, 0.3) is 17.7 Å². The Morgan fingerprint density at radius 2 is 1.51 bits per heavy atom. The smallest absolute Gasteiger partial charge is 0.408 e. The van der Waals surface area contributed by atoms with Crippen molar-refractivity contribution >= 4 is 76.4 Å². The van der Waals surface area contributed by atoms with E-state index in [-0.39, 0.29) is 80.5 Å². The van der Waals surface area contributed by atoms with Crippen molar-refractivity contribution in [2.75, 3.05) is 60.7 Å². The summed E-state index contributed by atoms with van der Waals surface area (Å²) in [5, 5.41) is 25.9. The van der Waals surface area contributed by atoms with E-state index in [0.29, 0.717) is 79.3 Å². The first kappa shape index (κ1) is 57.3. The predicted octanol–water partition coefficient (Wildman–Crippen LogP) is 2.63. The molecule has 1 fully saturated rings. The summed E-state index contributed by atoms with van der Waals surface area (Å²) >= 11 is 0. The summed E-state index contributed by atoms with van der Waals surface area (Å²) < 4.78 is 10.8. The van der Waals surface area contributed by atoms with Crippen LogP contribution in [0.25, 0.3) is 11.3 Å². The predicted molar refractivity (Wildman–Crippen MR) is 280 cm³/mol. The number of nitrogen functional groups attached to an aromatic ring is 1. The van der Waals surface area contributed by atoms with Crippen molar-refractivity contribution in [1.29, 1.82) is 0 Å². The van der Waals surface area contributed by atoms with Gasteiger partial charge in [0.1, 0.15) is 24.7 Å². The zero-order valence-corrected chi connectivity index (χ0v) is 42.6. The molecule has 408 valence electrons. The maximum Gasteiger partial charge on any atom is 0.408 e. The Balaban J connectivity index is 0.976. The fraction of sp³-hybridized carbons (Fsp3) is 0.385. The Labute approximate surface area is 443 Å². The van der Waals surface area contributed by atoms with Crippen molar-refractivity contribution in [1.82, 2.24) is 41.1 Å². The molecule has 1 unspecified atom stereocenters. The molecule has 0 saturated carbocycles. The summed E-state index contributed by atoms with van der Waals surface area (Å²) in [6, 6.07) is 10.4. The molecule has 77 heavy (non-hydrogen) atoms. The van der Waals surface area contributed by atoms with E-state index in [1.807, 2.05) is 0 Å². The molecule has 0 spiro atoms. The number of nitrogens with two attached hydrogens (primary N) is 2. The number of primary amides is 1. The van der Waals surface area contributed by atoms with Gasteiger partial charge in [-0.2, -0.15) is 0 Å². The normalized spacial score (nSPS) is 14.3. The van der Waals surface area contributed by atoms with Crippen LogP contribution in [0.1, 0.15) is 74.0 Å². The lowest BCUT2D eigenvalue weighted by Gasteiger charge is -2.30. The summed E-state index contributed by atoms with van der Waals surface area (Å²) in [5.74, 6) is -4.68. The van der Waals surface area contributed by atoms with Gasteiger partial charge in [0.15, 0.2) is 11.5 Å². The SMILES string of the molecule is CC(C)C(NC(=O)CCCCCN1C(=O)C=CC1=O)C(=O)N[C@@H](CCCNC(N)=O)C(=O)Nc1ccc(COC(=O)N[C@H](Cc2ccc(-c3cnc(N)c(C(=O)Nc4cnccc4N4CCOCC4)n3)cc2)C(=O)O)cc1. The number of morpholine rings is 1. The highest BCUT2D eigenvalue weighted by molar-refractivity contribution is 6.13. The fourth-order valence-electron chi connectivity index (χ4n) is 8.16. The molecule has 1 saturated heterocycles. The highest BCUT2D eigenvalue weighted by atomic mass is 16.5. The minimum atomic E-state index is -1.37. The van der Waals surface area contributed by atoms with Crippen LogP contribution in [0.5, 0.6) is 0 Å². The Morgan fingerprint density at radius 3 is 2.18 bits per heavy atom. The number of anilines is 4. The maximum atomic E-state index is 13.6. The number of pyridine rings is 1. The molecule has 0 radical (unpaired) electrons. The second kappa shape index (κ2) is 28.1. The number of carbonyl (C=O) groups is 9. The Bertz CT molecular complexity index is 2790. The number of carbonyl (C=O) groups excluding carboxylic acids is 8. The van der Waals surface area contributed by atoms with Crippen molar-refractivity contribution in [3.8, 4) is 11.3 Å². The molecule has 2 aliphatic heterocycles. The highest BCUT2D eigenvalue weighted by Gasteiger charge is 2.30. The average Bonchev–Trinajstić information content (AvgIpc) is 3.74. The zero-order chi connectivity index (χ0) is 55.4. The average molecular weight is 1060 g/mol. The molecule has 6 rings (SSSR count). The standard InChI is InChI=1S/C52H63N13O12/c1-31(2)44(63-41(66)8-4-3-5-22-65-42(67)17-18-43(65)68)48(70)60-36(7-6-20-56-51(54)74)47(69)58-35-15-11-33(12-16-35)30-77-52(75)62-37(50(72)73)27-32-9-13-34(14-10-32)38-29-57-46(53)45(59-38)49(71)61-39-28-55-21-19-40(39)64-23-25-76-26-24-64/h9-19,21,28-29,31,36-37,44H,3-8,20,22-27,30H2,1-2H3,(H2,53,57)(H,58,69)(H,60,70)(H,61,71)(H,62,75)(H,63,66)(H,72,73)(H3,54,56,74)/t36-,37+,44?/m0/s1. The molecule has 2 aromatic heterocycles. The Kier molecular flexibility index (Phi) is 20.9. The number of ether oxygens (including phenoxy) is 2. The van der Waals surface area contributed by atoms with Gasteiger partial charge in [-0.05, 0) is 60.9 Å². The van der Waals surface area contributed by atoms with E-state index in [1.165, 1.54) is 36.7 Å². The lowest BCUT2D eigenvalue weighted by molar-refractivity contribution is -0.139. The van der Waals surface area contributed by atoms with Gasteiger partial charge >= 0.3 is 18.1 Å². The number of aromatic nitrogens is 3. The number of nitrogens with zero attached hydrogens (tertiary/aromatic N) is 5. The number of imide groups is 1. The van der Waals surface area contributed by atoms with Gasteiger partial charge in [0.05, 0.1) is 42.7 Å². The van der Waals surface area contributed by atoms with Crippen molar-refractivity contribution in [2.24, 2.45) is 11.7 Å². The van der Waals surface area contributed by atoms with Gasteiger partial charge in [-0.15, -0.1) is 0 Å². The number of unbranched alkanes of at least 4 members (excludes halogenated alkanes) is 2. The van der Waals surface area contributed by atoms with Crippen LogP contribution >= 0.6 is 0 Å². The summed E-state index contributed by atoms with van der Waals surface area (Å²) in [5.41, 5.74) is 14.7. The number of carboxylic acid groups (broad SMARTS) is 1. The molecule has 3 atom stereocenters. The largest absolute Gasteiger partial charge is 0.480 e. The molecule has 9 amide bonds. The van der Waals surface area contributed by atoms with E-state index >= 15 is 0 Å². The number of nitrogens with one attached hydrogen (secondary N) is 6. The van der Waals surface area contributed by atoms with Crippen LogP contribution in [0.4, 0.5) is 32.5 Å². The summed E-state index contributed by atoms with van der Waals surface area (Å²) in [4.78, 5) is 129. The Hall–Kier alpha value is -9.00. The van der Waals surface area contributed by atoms with E-state index < -0.39 is 53.9 Å². The number of hydrogen-bond acceptors (Lipinski definition) is 16. The number of rotatable bonds is 26. The van der Waals surface area contributed by atoms with E-state index in [0.717, 1.165) is 10.6 Å². The zero-order valence-electron chi connectivity index (χ0n) is 42.6. The fourth-order valence-corrected chi connectivity index (χ4v) is 8.16. The van der Waals surface area contributed by atoms with Gasteiger partial charge < -0.3 is 62.8 Å². The summed E-state index contributed by atoms with van der Waals surface area (Å²) in [7, 11) is 0. The number of aliphatic carboxylic acids is 1. The first-order valence-corrected chi connectivity index (χ1v) is 25.0. The quantitative estimate of drug-likeness (QED) is 0.0322. The first-order chi connectivity index (χ1) is 36.9. The van der Waals surface area contributed by atoms with Crippen LogP contribution in [-0.2, 0) is 51.3 Å². The molecule has 2 aromatic carbocycles. The van der Waals surface area contributed by atoms with Crippen LogP contribution in [-0.4, -0.2) is 136 Å². The van der Waals surface area contributed by atoms with Crippen molar-refractivity contribution in [3.05, 3.63) is 102 Å². The third-order valence-electron chi connectivity index (χ3n) is 12.3. The molecular formula is C52H63N13O12. The van der Waals surface area contributed by atoms with Crippen LogP contribution < -0.4 is 48.3 Å². The number of hydrogen-bond donors (Lipinski definition) is 9. The molecule has 2 aliphatic rings. The molecule has 0 aliphatic carbocycles. The minimum Gasteiger partial charge on any atom is -0.480 e. The van der Waals surface area contributed by atoms with Crippen LogP contribution in [0.15, 0.2) is 85.3 Å². The van der Waals surface area contributed by atoms with Crippen molar-refractivity contribution in [2.45, 2.75) is 83.5 Å². The number of carboxylic acids is 1. The van der Waals surface area contributed by atoms with Gasteiger partial charge in [0, 0.05) is 68.6 Å². The van der Waals surface area contributed by atoms with E-state index in [4.69, 9.17) is 20.9 Å². The van der Waals surface area contributed by atoms with Crippen LogP contribution in [0.3, 0.4) is 0 Å². The van der Waals surface area contributed by atoms with Crippen LogP contribution in [0, 0.1) is 5.92 Å². The van der Waals surface area contributed by atoms with E-state index in [9.17, 15) is 48.3 Å². The third kappa shape index (κ3) is 17.3. The molecular weight excluding hydrogens is 999 g/mol. The molecule has 11 N–H and O–H groups in total. The summed E-state index contributed by atoms with van der Waals surface area (Å²) in [6.07, 6.45) is 7.85. The number of urea groups is 1. The van der Waals surface area contributed by atoms with Crippen molar-refractivity contribution in [3.63, 3.8) is 0 Å². The second-order valence-corrected chi connectivity index (χ2v) is 18.4. The van der Waals surface area contributed by atoms with Gasteiger partial charge in [0.2, 0.25) is 17.7 Å². The molecule has 0 bridgehead atoms. The van der Waals surface area contributed by atoms with E-state index in [1.54, 1.807) is 62.5 Å². The number of alkyl carbamates (subject to hydrolysis) is 1.